The number of hydrogen-bond donors (Lipinski definition) is 4. The summed E-state index contributed by atoms with van der Waals surface area (Å²) in [5.74, 6) is 0.354. The molecular formula is C7H12N6O2S. The van der Waals surface area contributed by atoms with Gasteiger partial charge < -0.3 is 11.1 Å². The Morgan fingerprint density at radius 2 is 2.31 bits per heavy atom. The van der Waals surface area contributed by atoms with Crippen molar-refractivity contribution in [1.29, 1.82) is 0 Å². The molecule has 0 saturated heterocycles. The van der Waals surface area contributed by atoms with Crippen LogP contribution in [0.2, 0.25) is 0 Å². The number of nitrogen functional groups attached to an aromatic ring is 1. The topological polar surface area (TPSA) is 126 Å². The van der Waals surface area contributed by atoms with Gasteiger partial charge in [-0.15, -0.1) is 5.10 Å². The molecule has 8 nitrogen and oxygen atoms in total. The first-order valence-corrected chi connectivity index (χ1v) is 5.42. The summed E-state index contributed by atoms with van der Waals surface area (Å²) < 4.78 is 0. The van der Waals surface area contributed by atoms with Crippen molar-refractivity contribution in [3.63, 3.8) is 0 Å². The van der Waals surface area contributed by atoms with Gasteiger partial charge in [0.2, 0.25) is 17.0 Å². The fraction of sp³-hybridized carbons (Fsp3) is 0.429. The third kappa shape index (κ3) is 4.17. The lowest BCUT2D eigenvalue weighted by atomic mass is 10.4. The molecule has 1 aromatic rings. The number of aromatic amines is 1. The van der Waals surface area contributed by atoms with E-state index in [2.05, 4.69) is 25.8 Å². The van der Waals surface area contributed by atoms with Gasteiger partial charge in [-0.3, -0.25) is 10.1 Å². The number of imide groups is 1. The molecule has 0 aliphatic heterocycles. The quantitative estimate of drug-likeness (QED) is 0.520. The number of aromatic nitrogens is 3. The number of carbonyl (C=O) groups is 2. The molecule has 5 N–H and O–H groups in total. The number of nitrogens with one attached hydrogen (secondary N) is 3. The lowest BCUT2D eigenvalue weighted by Gasteiger charge is -2.01. The second-order valence-corrected chi connectivity index (χ2v) is 3.79. The van der Waals surface area contributed by atoms with Crippen LogP contribution < -0.4 is 16.4 Å². The number of amides is 3. The fourth-order valence-corrected chi connectivity index (χ4v) is 1.55. The Hall–Kier alpha value is -1.77. The van der Waals surface area contributed by atoms with Crippen LogP contribution in [0.5, 0.6) is 0 Å². The molecule has 0 aliphatic carbocycles. The summed E-state index contributed by atoms with van der Waals surface area (Å²) in [4.78, 5) is 25.8. The van der Waals surface area contributed by atoms with Gasteiger partial charge >= 0.3 is 6.03 Å². The zero-order valence-electron chi connectivity index (χ0n) is 8.61. The second-order valence-electron chi connectivity index (χ2n) is 2.73. The molecule has 1 rings (SSSR count). The number of rotatable bonds is 4. The number of hydrogen-bond acceptors (Lipinski definition) is 6. The zero-order chi connectivity index (χ0) is 12.0. The normalized spacial score (nSPS) is 9.81. The Morgan fingerprint density at radius 1 is 1.56 bits per heavy atom. The summed E-state index contributed by atoms with van der Waals surface area (Å²) in [6, 6.07) is -0.517. The number of anilines is 1. The van der Waals surface area contributed by atoms with Crippen molar-refractivity contribution < 1.29 is 9.59 Å². The van der Waals surface area contributed by atoms with Crippen molar-refractivity contribution in [3.05, 3.63) is 0 Å². The largest absolute Gasteiger partial charge is 0.368 e. The van der Waals surface area contributed by atoms with E-state index in [1.807, 2.05) is 0 Å². The highest BCUT2D eigenvalue weighted by atomic mass is 32.2. The summed E-state index contributed by atoms with van der Waals surface area (Å²) in [7, 11) is 1.44. The van der Waals surface area contributed by atoms with Gasteiger partial charge in [-0.2, -0.15) is 4.98 Å². The standard InChI is InChI=1S/C7H12N6O2S/c1-9-6(15)10-4(14)2-3-16-7-11-5(8)12-13-7/h2-3H2,1H3,(H3,8,11,12,13)(H2,9,10,14,15). The lowest BCUT2D eigenvalue weighted by molar-refractivity contribution is -0.119. The zero-order valence-corrected chi connectivity index (χ0v) is 9.43. The molecule has 0 spiro atoms. The Balaban J connectivity index is 2.20. The molecule has 0 unspecified atom stereocenters. The predicted molar refractivity (Wildman–Crippen MR) is 58.7 cm³/mol. The minimum Gasteiger partial charge on any atom is -0.368 e. The van der Waals surface area contributed by atoms with Crippen LogP contribution in [0.4, 0.5) is 10.7 Å². The Kier molecular flexibility index (Phi) is 4.58. The van der Waals surface area contributed by atoms with Crippen LogP contribution in [-0.2, 0) is 4.79 Å². The monoisotopic (exact) mass is 244 g/mol. The highest BCUT2D eigenvalue weighted by molar-refractivity contribution is 7.99. The molecule has 1 aromatic heterocycles. The highest BCUT2D eigenvalue weighted by Gasteiger charge is 2.07. The number of nitrogens with two attached hydrogens (primary N) is 1. The smallest absolute Gasteiger partial charge is 0.321 e. The number of H-pyrrole nitrogens is 1. The average Bonchev–Trinajstić information content (AvgIpc) is 2.64. The van der Waals surface area contributed by atoms with Gasteiger partial charge in [0.25, 0.3) is 0 Å². The number of urea groups is 1. The van der Waals surface area contributed by atoms with Crippen molar-refractivity contribution in [2.24, 2.45) is 0 Å². The van der Waals surface area contributed by atoms with Gasteiger partial charge in [0, 0.05) is 19.2 Å². The minimum absolute atomic E-state index is 0.201. The average molecular weight is 244 g/mol. The summed E-state index contributed by atoms with van der Waals surface area (Å²) in [5, 5.41) is 11.2. The van der Waals surface area contributed by atoms with Crippen molar-refractivity contribution >= 4 is 29.6 Å². The van der Waals surface area contributed by atoms with Crippen molar-refractivity contribution in [3.8, 4) is 0 Å². The van der Waals surface area contributed by atoms with E-state index in [1.165, 1.54) is 18.8 Å². The Labute approximate surface area is 95.8 Å². The fourth-order valence-electron chi connectivity index (χ4n) is 0.809. The highest BCUT2D eigenvalue weighted by Crippen LogP contribution is 2.13. The van der Waals surface area contributed by atoms with E-state index in [4.69, 9.17) is 5.73 Å². The maximum absolute atomic E-state index is 11.1. The van der Waals surface area contributed by atoms with Crippen molar-refractivity contribution in [1.82, 2.24) is 25.8 Å². The van der Waals surface area contributed by atoms with Crippen molar-refractivity contribution in [2.45, 2.75) is 11.6 Å². The van der Waals surface area contributed by atoms with E-state index in [0.29, 0.717) is 10.9 Å². The van der Waals surface area contributed by atoms with E-state index in [-0.39, 0.29) is 18.3 Å². The van der Waals surface area contributed by atoms with Crippen LogP contribution >= 0.6 is 11.8 Å². The molecule has 0 saturated carbocycles. The van der Waals surface area contributed by atoms with Crippen LogP contribution in [0.25, 0.3) is 0 Å². The van der Waals surface area contributed by atoms with Gasteiger partial charge in [0.05, 0.1) is 0 Å². The van der Waals surface area contributed by atoms with Gasteiger partial charge in [-0.1, -0.05) is 11.8 Å². The van der Waals surface area contributed by atoms with E-state index in [9.17, 15) is 9.59 Å². The summed E-state index contributed by atoms with van der Waals surface area (Å²) >= 11 is 1.28. The SMILES string of the molecule is CNC(=O)NC(=O)CCSc1n[nH]c(N)n1. The first-order valence-electron chi connectivity index (χ1n) is 4.44. The first kappa shape index (κ1) is 12.3. The maximum Gasteiger partial charge on any atom is 0.321 e. The molecule has 1 heterocycles. The second kappa shape index (κ2) is 5.95. The number of carbonyl (C=O) groups excluding carboxylic acids is 2. The van der Waals surface area contributed by atoms with Crippen molar-refractivity contribution in [2.75, 3.05) is 18.5 Å². The first-order chi connectivity index (χ1) is 7.61. The van der Waals surface area contributed by atoms with Crippen LogP contribution in [0.3, 0.4) is 0 Å². The Morgan fingerprint density at radius 3 is 2.88 bits per heavy atom. The summed E-state index contributed by atoms with van der Waals surface area (Å²) in [6.45, 7) is 0. The molecular weight excluding hydrogens is 232 g/mol. The minimum atomic E-state index is -0.517. The molecule has 0 fully saturated rings. The molecule has 88 valence electrons. The molecule has 0 aliphatic rings. The third-order valence-electron chi connectivity index (χ3n) is 1.52. The molecule has 0 bridgehead atoms. The molecule has 0 atom stereocenters. The van der Waals surface area contributed by atoms with Gasteiger partial charge in [0.15, 0.2) is 0 Å². The van der Waals surface area contributed by atoms with Gasteiger partial charge in [0.1, 0.15) is 0 Å². The molecule has 3 amide bonds. The summed E-state index contributed by atoms with van der Waals surface area (Å²) in [6.07, 6.45) is 0.201. The summed E-state index contributed by atoms with van der Waals surface area (Å²) in [5.41, 5.74) is 5.32. The predicted octanol–water partition coefficient (Wildman–Crippen LogP) is -0.675. The maximum atomic E-state index is 11.1. The van der Waals surface area contributed by atoms with Gasteiger partial charge in [-0.05, 0) is 0 Å². The van der Waals surface area contributed by atoms with E-state index in [1.54, 1.807) is 0 Å². The number of thioether (sulfide) groups is 1. The lowest BCUT2D eigenvalue weighted by Crippen LogP contribution is -2.37. The number of nitrogens with zero attached hydrogens (tertiary/aromatic N) is 2. The third-order valence-corrected chi connectivity index (χ3v) is 2.37. The van der Waals surface area contributed by atoms with E-state index in [0.717, 1.165) is 0 Å². The van der Waals surface area contributed by atoms with E-state index < -0.39 is 6.03 Å². The molecule has 9 heteroatoms. The Bertz CT molecular complexity index is 379. The molecule has 16 heavy (non-hydrogen) atoms. The van der Waals surface area contributed by atoms with Gasteiger partial charge in [-0.25, -0.2) is 9.89 Å². The molecule has 0 aromatic carbocycles. The van der Waals surface area contributed by atoms with Crippen LogP contribution in [-0.4, -0.2) is 39.9 Å². The van der Waals surface area contributed by atoms with E-state index >= 15 is 0 Å². The van der Waals surface area contributed by atoms with Crippen LogP contribution in [0.15, 0.2) is 5.16 Å². The van der Waals surface area contributed by atoms with Crippen LogP contribution in [0.1, 0.15) is 6.42 Å². The molecule has 0 radical (unpaired) electrons. The van der Waals surface area contributed by atoms with Crippen LogP contribution in [0, 0.1) is 0 Å².